The standard InChI is InChI=1S/C20H20ClN3O2/c1-13-12-14(6-7-16(13)21)19(25)23-10-8-15(9-11-23)24-18-5-3-2-4-17(18)22-20(24)26/h2-7,12,15H,8-11H2,1H3,(H,22,26). The third kappa shape index (κ3) is 2.92. The van der Waals surface area contributed by atoms with Crippen molar-refractivity contribution < 1.29 is 4.79 Å². The number of piperidine rings is 1. The Balaban J connectivity index is 1.52. The second kappa shape index (κ2) is 6.65. The van der Waals surface area contributed by atoms with Crippen molar-refractivity contribution >= 4 is 28.5 Å². The fraction of sp³-hybridized carbons (Fsp3) is 0.300. The molecule has 1 aromatic heterocycles. The molecule has 2 heterocycles. The lowest BCUT2D eigenvalue weighted by molar-refractivity contribution is 0.0695. The number of hydrogen-bond donors (Lipinski definition) is 1. The van der Waals surface area contributed by atoms with Crippen LogP contribution >= 0.6 is 11.6 Å². The number of carbonyl (C=O) groups excluding carboxylic acids is 1. The van der Waals surface area contributed by atoms with Crippen LogP contribution in [-0.2, 0) is 0 Å². The lowest BCUT2D eigenvalue weighted by Crippen LogP contribution is -2.40. The number of imidazole rings is 1. The van der Waals surface area contributed by atoms with Crippen molar-refractivity contribution in [3.05, 3.63) is 69.1 Å². The predicted molar refractivity (Wildman–Crippen MR) is 103 cm³/mol. The molecule has 1 saturated heterocycles. The summed E-state index contributed by atoms with van der Waals surface area (Å²) in [5, 5.41) is 0.666. The van der Waals surface area contributed by atoms with Gasteiger partial charge in [0.05, 0.1) is 11.0 Å². The molecule has 0 atom stereocenters. The number of aromatic nitrogens is 2. The van der Waals surface area contributed by atoms with E-state index >= 15 is 0 Å². The number of aromatic amines is 1. The number of rotatable bonds is 2. The first-order valence-electron chi connectivity index (χ1n) is 8.79. The van der Waals surface area contributed by atoms with Gasteiger partial charge in [-0.1, -0.05) is 23.7 Å². The van der Waals surface area contributed by atoms with Crippen LogP contribution < -0.4 is 5.69 Å². The Bertz CT molecular complexity index is 1030. The minimum atomic E-state index is -0.0793. The van der Waals surface area contributed by atoms with Crippen molar-refractivity contribution in [2.24, 2.45) is 0 Å². The molecule has 2 aromatic carbocycles. The first-order chi connectivity index (χ1) is 12.5. The van der Waals surface area contributed by atoms with E-state index in [0.29, 0.717) is 23.7 Å². The smallest absolute Gasteiger partial charge is 0.326 e. The van der Waals surface area contributed by atoms with Gasteiger partial charge in [0, 0.05) is 29.7 Å². The van der Waals surface area contributed by atoms with Gasteiger partial charge in [0.1, 0.15) is 0 Å². The number of amides is 1. The maximum atomic E-state index is 12.7. The third-order valence-corrected chi connectivity index (χ3v) is 5.57. The predicted octanol–water partition coefficient (Wildman–Crippen LogP) is 3.77. The van der Waals surface area contributed by atoms with Crippen molar-refractivity contribution in [2.75, 3.05) is 13.1 Å². The molecular formula is C20H20ClN3O2. The zero-order valence-electron chi connectivity index (χ0n) is 14.5. The number of aryl methyl sites for hydroxylation is 1. The molecular weight excluding hydrogens is 350 g/mol. The molecule has 0 radical (unpaired) electrons. The molecule has 0 bridgehead atoms. The summed E-state index contributed by atoms with van der Waals surface area (Å²) in [7, 11) is 0. The Hall–Kier alpha value is -2.53. The van der Waals surface area contributed by atoms with Crippen LogP contribution in [0.2, 0.25) is 5.02 Å². The first kappa shape index (κ1) is 16.9. The summed E-state index contributed by atoms with van der Waals surface area (Å²) in [5.41, 5.74) is 3.26. The highest BCUT2D eigenvalue weighted by Crippen LogP contribution is 2.26. The van der Waals surface area contributed by atoms with Crippen LogP contribution in [-0.4, -0.2) is 33.4 Å². The summed E-state index contributed by atoms with van der Waals surface area (Å²) in [5.74, 6) is 0.0227. The van der Waals surface area contributed by atoms with Gasteiger partial charge >= 0.3 is 5.69 Å². The highest BCUT2D eigenvalue weighted by atomic mass is 35.5. The molecule has 0 saturated carbocycles. The monoisotopic (exact) mass is 369 g/mol. The van der Waals surface area contributed by atoms with Gasteiger partial charge in [0.25, 0.3) is 5.91 Å². The quantitative estimate of drug-likeness (QED) is 0.747. The van der Waals surface area contributed by atoms with E-state index in [1.165, 1.54) is 0 Å². The van der Waals surface area contributed by atoms with Gasteiger partial charge in [0.15, 0.2) is 0 Å². The van der Waals surface area contributed by atoms with Gasteiger partial charge in [-0.2, -0.15) is 0 Å². The molecule has 26 heavy (non-hydrogen) atoms. The van der Waals surface area contributed by atoms with Gasteiger partial charge in [-0.15, -0.1) is 0 Å². The van der Waals surface area contributed by atoms with Gasteiger partial charge in [-0.05, 0) is 55.7 Å². The lowest BCUT2D eigenvalue weighted by atomic mass is 10.0. The first-order valence-corrected chi connectivity index (χ1v) is 9.17. The van der Waals surface area contributed by atoms with Gasteiger partial charge in [-0.25, -0.2) is 4.79 Å². The number of fused-ring (bicyclic) bond motifs is 1. The number of para-hydroxylation sites is 2. The van der Waals surface area contributed by atoms with E-state index in [0.717, 1.165) is 29.4 Å². The average molecular weight is 370 g/mol. The number of carbonyl (C=O) groups is 1. The summed E-state index contributed by atoms with van der Waals surface area (Å²) in [6, 6.07) is 13.2. The number of benzene rings is 2. The van der Waals surface area contributed by atoms with Crippen LogP contribution in [0.5, 0.6) is 0 Å². The van der Waals surface area contributed by atoms with Crippen molar-refractivity contribution in [3.63, 3.8) is 0 Å². The zero-order valence-corrected chi connectivity index (χ0v) is 15.3. The Morgan fingerprint density at radius 3 is 2.62 bits per heavy atom. The van der Waals surface area contributed by atoms with Crippen LogP contribution in [0.15, 0.2) is 47.3 Å². The number of H-pyrrole nitrogens is 1. The van der Waals surface area contributed by atoms with E-state index in [9.17, 15) is 9.59 Å². The van der Waals surface area contributed by atoms with Crippen LogP contribution in [0, 0.1) is 6.92 Å². The van der Waals surface area contributed by atoms with E-state index in [4.69, 9.17) is 11.6 Å². The van der Waals surface area contributed by atoms with Crippen molar-refractivity contribution in [3.8, 4) is 0 Å². The van der Waals surface area contributed by atoms with Crippen LogP contribution in [0.3, 0.4) is 0 Å². The SMILES string of the molecule is Cc1cc(C(=O)N2CCC(n3c(=O)[nH]c4ccccc43)CC2)ccc1Cl. The fourth-order valence-electron chi connectivity index (χ4n) is 3.72. The Morgan fingerprint density at radius 2 is 1.88 bits per heavy atom. The van der Waals surface area contributed by atoms with Gasteiger partial charge < -0.3 is 9.88 Å². The van der Waals surface area contributed by atoms with Gasteiger partial charge in [0.2, 0.25) is 0 Å². The molecule has 4 rings (SSSR count). The molecule has 6 heteroatoms. The van der Waals surface area contributed by atoms with Crippen molar-refractivity contribution in [1.29, 1.82) is 0 Å². The summed E-state index contributed by atoms with van der Waals surface area (Å²) >= 11 is 6.05. The molecule has 1 fully saturated rings. The van der Waals surface area contributed by atoms with Gasteiger partial charge in [-0.3, -0.25) is 9.36 Å². The molecule has 1 amide bonds. The molecule has 0 aliphatic carbocycles. The Kier molecular flexibility index (Phi) is 4.32. The largest absolute Gasteiger partial charge is 0.338 e. The maximum Gasteiger partial charge on any atom is 0.326 e. The number of nitrogens with zero attached hydrogens (tertiary/aromatic N) is 2. The fourth-order valence-corrected chi connectivity index (χ4v) is 3.84. The highest BCUT2D eigenvalue weighted by Gasteiger charge is 2.26. The number of nitrogens with one attached hydrogen (secondary N) is 1. The second-order valence-electron chi connectivity index (χ2n) is 6.80. The minimum Gasteiger partial charge on any atom is -0.338 e. The minimum absolute atomic E-state index is 0.0227. The van der Waals surface area contributed by atoms with Crippen molar-refractivity contribution in [1.82, 2.24) is 14.5 Å². The molecule has 5 nitrogen and oxygen atoms in total. The normalized spacial score (nSPS) is 15.5. The molecule has 3 aromatic rings. The molecule has 1 N–H and O–H groups in total. The van der Waals surface area contributed by atoms with E-state index in [1.807, 2.05) is 46.7 Å². The summed E-state index contributed by atoms with van der Waals surface area (Å²) in [6.45, 7) is 3.17. The van der Waals surface area contributed by atoms with Crippen LogP contribution in [0.25, 0.3) is 11.0 Å². The van der Waals surface area contributed by atoms with E-state index in [1.54, 1.807) is 12.1 Å². The summed E-state index contributed by atoms with van der Waals surface area (Å²) in [4.78, 5) is 29.9. The molecule has 0 unspecified atom stereocenters. The number of hydrogen-bond acceptors (Lipinski definition) is 2. The van der Waals surface area contributed by atoms with E-state index in [2.05, 4.69) is 4.98 Å². The van der Waals surface area contributed by atoms with Crippen molar-refractivity contribution in [2.45, 2.75) is 25.8 Å². The summed E-state index contributed by atoms with van der Waals surface area (Å²) < 4.78 is 1.84. The molecule has 0 spiro atoms. The molecule has 1 aliphatic rings. The highest BCUT2D eigenvalue weighted by molar-refractivity contribution is 6.31. The van der Waals surface area contributed by atoms with Crippen LogP contribution in [0.4, 0.5) is 0 Å². The van der Waals surface area contributed by atoms with E-state index < -0.39 is 0 Å². The topological polar surface area (TPSA) is 58.1 Å². The molecule has 1 aliphatic heterocycles. The average Bonchev–Trinajstić information content (AvgIpc) is 2.99. The Labute approximate surface area is 156 Å². The van der Waals surface area contributed by atoms with E-state index in [-0.39, 0.29) is 17.6 Å². The molecule has 134 valence electrons. The maximum absolute atomic E-state index is 12.7. The number of likely N-dealkylation sites (tertiary alicyclic amines) is 1. The Morgan fingerprint density at radius 1 is 1.15 bits per heavy atom. The second-order valence-corrected chi connectivity index (χ2v) is 7.21. The number of halogens is 1. The van der Waals surface area contributed by atoms with Crippen LogP contribution in [0.1, 0.15) is 34.8 Å². The lowest BCUT2D eigenvalue weighted by Gasteiger charge is -2.32. The zero-order chi connectivity index (χ0) is 18.3. The summed E-state index contributed by atoms with van der Waals surface area (Å²) in [6.07, 6.45) is 1.53. The third-order valence-electron chi connectivity index (χ3n) is 5.15.